The molecule has 0 radical (unpaired) electrons. The number of rotatable bonds is 10. The molecule has 12 heteroatoms. The molecule has 160 valence electrons. The van der Waals surface area contributed by atoms with E-state index in [0.29, 0.717) is 39.1 Å². The Morgan fingerprint density at radius 3 is 2.83 bits per heavy atom. The van der Waals surface area contributed by atoms with E-state index in [4.69, 9.17) is 27.9 Å². The van der Waals surface area contributed by atoms with Gasteiger partial charge in [0.05, 0.1) is 17.4 Å². The Balaban J connectivity index is 1.43. The standard InChI is InChI=1S/C18H20Cl2N6O2S2/c1-3-16-23-24-17(30-16)21-15(27)10-29-18-25-22-14(26(18)2)5-4-8-28-13-7-6-11(19)9-12(13)20/h6-7,9H,3-5,8,10H2,1-2H3,(H,21,24,27). The van der Waals surface area contributed by atoms with E-state index >= 15 is 0 Å². The molecule has 2 aromatic heterocycles. The van der Waals surface area contributed by atoms with E-state index in [1.807, 2.05) is 18.5 Å². The summed E-state index contributed by atoms with van der Waals surface area (Å²) in [5, 5.41) is 22.2. The second-order valence-electron chi connectivity index (χ2n) is 6.18. The van der Waals surface area contributed by atoms with Crippen LogP contribution in [0.5, 0.6) is 5.75 Å². The van der Waals surface area contributed by atoms with Gasteiger partial charge in [0.2, 0.25) is 11.0 Å². The molecule has 0 aliphatic carbocycles. The van der Waals surface area contributed by atoms with Crippen molar-refractivity contribution in [3.63, 3.8) is 0 Å². The number of aromatic nitrogens is 5. The zero-order valence-electron chi connectivity index (χ0n) is 16.4. The van der Waals surface area contributed by atoms with Crippen LogP contribution in [-0.2, 0) is 24.7 Å². The molecule has 0 aliphatic heterocycles. The highest BCUT2D eigenvalue weighted by atomic mass is 35.5. The number of carbonyl (C=O) groups is 1. The zero-order chi connectivity index (χ0) is 21.5. The van der Waals surface area contributed by atoms with Crippen molar-refractivity contribution in [3.8, 4) is 5.75 Å². The average molecular weight is 487 g/mol. The number of benzene rings is 1. The van der Waals surface area contributed by atoms with E-state index in [-0.39, 0.29) is 11.7 Å². The summed E-state index contributed by atoms with van der Waals surface area (Å²) in [7, 11) is 1.88. The maximum absolute atomic E-state index is 12.1. The number of halogens is 2. The van der Waals surface area contributed by atoms with Crippen LogP contribution < -0.4 is 10.1 Å². The summed E-state index contributed by atoms with van der Waals surface area (Å²) < 4.78 is 7.57. The number of hydrogen-bond donors (Lipinski definition) is 1. The molecule has 0 unspecified atom stereocenters. The van der Waals surface area contributed by atoms with Crippen LogP contribution in [0.4, 0.5) is 5.13 Å². The Labute approximate surface area is 192 Å². The third-order valence-corrected chi connectivity index (χ3v) is 6.50. The van der Waals surface area contributed by atoms with Gasteiger partial charge in [-0.3, -0.25) is 10.1 Å². The molecule has 0 spiro atoms. The van der Waals surface area contributed by atoms with Gasteiger partial charge in [-0.1, -0.05) is 53.2 Å². The number of amides is 1. The van der Waals surface area contributed by atoms with Gasteiger partial charge in [0.25, 0.3) is 0 Å². The van der Waals surface area contributed by atoms with Crippen molar-refractivity contribution in [2.75, 3.05) is 17.7 Å². The Kier molecular flexibility index (Phi) is 8.32. The van der Waals surface area contributed by atoms with E-state index in [1.54, 1.807) is 18.2 Å². The molecule has 0 saturated carbocycles. The predicted molar refractivity (Wildman–Crippen MR) is 120 cm³/mol. The minimum Gasteiger partial charge on any atom is -0.492 e. The molecule has 3 rings (SSSR count). The van der Waals surface area contributed by atoms with Crippen LogP contribution in [0.2, 0.25) is 10.0 Å². The van der Waals surface area contributed by atoms with E-state index in [9.17, 15) is 4.79 Å². The minimum atomic E-state index is -0.156. The maximum Gasteiger partial charge on any atom is 0.236 e. The molecular weight excluding hydrogens is 467 g/mol. The molecular formula is C18H20Cl2N6O2S2. The molecule has 0 bridgehead atoms. The van der Waals surface area contributed by atoms with Gasteiger partial charge in [-0.2, -0.15) is 0 Å². The van der Waals surface area contributed by atoms with E-state index in [2.05, 4.69) is 25.7 Å². The molecule has 3 aromatic rings. The fourth-order valence-electron chi connectivity index (χ4n) is 2.43. The summed E-state index contributed by atoms with van der Waals surface area (Å²) in [6.45, 7) is 2.48. The van der Waals surface area contributed by atoms with E-state index in [1.165, 1.54) is 23.1 Å². The van der Waals surface area contributed by atoms with Crippen LogP contribution in [-0.4, -0.2) is 43.2 Å². The molecule has 8 nitrogen and oxygen atoms in total. The first-order valence-corrected chi connectivity index (χ1v) is 11.7. The second kappa shape index (κ2) is 10.9. The second-order valence-corrected chi connectivity index (χ2v) is 9.02. The van der Waals surface area contributed by atoms with Crippen molar-refractivity contribution < 1.29 is 9.53 Å². The zero-order valence-corrected chi connectivity index (χ0v) is 19.5. The lowest BCUT2D eigenvalue weighted by atomic mass is 10.3. The molecule has 0 fully saturated rings. The van der Waals surface area contributed by atoms with Gasteiger partial charge in [-0.15, -0.1) is 20.4 Å². The fraction of sp³-hybridized carbons (Fsp3) is 0.389. The fourth-order valence-corrected chi connectivity index (χ4v) is 4.31. The van der Waals surface area contributed by atoms with Gasteiger partial charge in [-0.25, -0.2) is 0 Å². The van der Waals surface area contributed by atoms with Crippen LogP contribution in [0, 0.1) is 0 Å². The van der Waals surface area contributed by atoms with Crippen LogP contribution in [0.25, 0.3) is 0 Å². The quantitative estimate of drug-likeness (QED) is 0.337. The summed E-state index contributed by atoms with van der Waals surface area (Å²) in [4.78, 5) is 12.1. The number of thioether (sulfide) groups is 1. The van der Waals surface area contributed by atoms with Gasteiger partial charge < -0.3 is 9.30 Å². The highest BCUT2D eigenvalue weighted by molar-refractivity contribution is 7.99. The lowest BCUT2D eigenvalue weighted by Crippen LogP contribution is -2.14. The first-order valence-electron chi connectivity index (χ1n) is 9.17. The SMILES string of the molecule is CCc1nnc(NC(=O)CSc2nnc(CCCOc3ccc(Cl)cc3Cl)n2C)s1. The topological polar surface area (TPSA) is 94.8 Å². The Morgan fingerprint density at radius 2 is 2.10 bits per heavy atom. The summed E-state index contributed by atoms with van der Waals surface area (Å²) in [6.07, 6.45) is 2.22. The number of anilines is 1. The highest BCUT2D eigenvalue weighted by Crippen LogP contribution is 2.27. The number of nitrogens with zero attached hydrogens (tertiary/aromatic N) is 5. The summed E-state index contributed by atoms with van der Waals surface area (Å²) in [5.74, 6) is 1.48. The molecule has 2 heterocycles. The molecule has 0 aliphatic rings. The van der Waals surface area contributed by atoms with Crippen molar-refractivity contribution >= 4 is 57.3 Å². The largest absolute Gasteiger partial charge is 0.492 e. The maximum atomic E-state index is 12.1. The lowest BCUT2D eigenvalue weighted by molar-refractivity contribution is -0.113. The third-order valence-electron chi connectivity index (χ3n) is 3.97. The molecule has 0 atom stereocenters. The average Bonchev–Trinajstić information content (AvgIpc) is 3.31. The van der Waals surface area contributed by atoms with Crippen LogP contribution in [0.1, 0.15) is 24.2 Å². The molecule has 30 heavy (non-hydrogen) atoms. The van der Waals surface area contributed by atoms with E-state index < -0.39 is 0 Å². The Bertz CT molecular complexity index is 1010. The molecule has 0 saturated heterocycles. The third kappa shape index (κ3) is 6.31. The van der Waals surface area contributed by atoms with Gasteiger partial charge >= 0.3 is 0 Å². The predicted octanol–water partition coefficient (Wildman–Crippen LogP) is 4.28. The minimum absolute atomic E-state index is 0.156. The van der Waals surface area contributed by atoms with Crippen molar-refractivity contribution in [2.24, 2.45) is 7.05 Å². The lowest BCUT2D eigenvalue weighted by Gasteiger charge is -2.08. The normalized spacial score (nSPS) is 10.9. The van der Waals surface area contributed by atoms with Crippen molar-refractivity contribution in [2.45, 2.75) is 31.3 Å². The Morgan fingerprint density at radius 1 is 1.27 bits per heavy atom. The number of nitrogens with one attached hydrogen (secondary N) is 1. The van der Waals surface area contributed by atoms with Gasteiger partial charge in [0.15, 0.2) is 5.16 Å². The molecule has 1 aromatic carbocycles. The monoisotopic (exact) mass is 486 g/mol. The van der Waals surface area contributed by atoms with Crippen molar-refractivity contribution in [1.29, 1.82) is 0 Å². The van der Waals surface area contributed by atoms with Crippen LogP contribution in [0.3, 0.4) is 0 Å². The van der Waals surface area contributed by atoms with Gasteiger partial charge in [0.1, 0.15) is 16.6 Å². The van der Waals surface area contributed by atoms with Crippen molar-refractivity contribution in [1.82, 2.24) is 25.0 Å². The van der Waals surface area contributed by atoms with Gasteiger partial charge in [-0.05, 0) is 31.0 Å². The highest BCUT2D eigenvalue weighted by Gasteiger charge is 2.13. The smallest absolute Gasteiger partial charge is 0.236 e. The Hall–Kier alpha value is -1.88. The number of aryl methyl sites for hydroxylation is 2. The first kappa shape index (κ1) is 22.8. The molecule has 1 N–H and O–H groups in total. The number of hydrogen-bond acceptors (Lipinski definition) is 8. The molecule has 1 amide bonds. The van der Waals surface area contributed by atoms with E-state index in [0.717, 1.165) is 23.7 Å². The number of carbonyl (C=O) groups excluding carboxylic acids is 1. The van der Waals surface area contributed by atoms with Crippen LogP contribution in [0.15, 0.2) is 23.4 Å². The summed E-state index contributed by atoms with van der Waals surface area (Å²) in [5.41, 5.74) is 0. The summed E-state index contributed by atoms with van der Waals surface area (Å²) >= 11 is 14.7. The summed E-state index contributed by atoms with van der Waals surface area (Å²) in [6, 6.07) is 5.13. The van der Waals surface area contributed by atoms with Crippen molar-refractivity contribution in [3.05, 3.63) is 39.1 Å². The number of ether oxygens (including phenoxy) is 1. The first-order chi connectivity index (χ1) is 14.5. The van der Waals surface area contributed by atoms with Crippen LogP contribution >= 0.6 is 46.3 Å². The van der Waals surface area contributed by atoms with Gasteiger partial charge in [0, 0.05) is 18.5 Å².